The number of carbonyl (C=O) groups excluding carboxylic acids is 2. The molecule has 9 nitrogen and oxygen atoms in total. The lowest BCUT2D eigenvalue weighted by Gasteiger charge is -2.22. The van der Waals surface area contributed by atoms with Crippen molar-refractivity contribution in [3.8, 4) is 11.4 Å². The summed E-state index contributed by atoms with van der Waals surface area (Å²) in [5.74, 6) is -2.25. The number of amides is 2. The van der Waals surface area contributed by atoms with Gasteiger partial charge in [0.15, 0.2) is 17.3 Å². The zero-order chi connectivity index (χ0) is 23.4. The van der Waals surface area contributed by atoms with Crippen LogP contribution in [0.3, 0.4) is 0 Å². The second-order valence-electron chi connectivity index (χ2n) is 7.72. The molecular formula is C22H22F2N6O3. The van der Waals surface area contributed by atoms with Crippen LogP contribution in [-0.2, 0) is 4.79 Å². The number of nitrogens with one attached hydrogen (secondary N) is 2. The third-order valence-electron chi connectivity index (χ3n) is 5.36. The minimum absolute atomic E-state index is 0.0214. The monoisotopic (exact) mass is 456 g/mol. The van der Waals surface area contributed by atoms with E-state index in [2.05, 4.69) is 25.8 Å². The quantitative estimate of drug-likeness (QED) is 0.566. The zero-order valence-electron chi connectivity index (χ0n) is 17.8. The maximum Gasteiger partial charge on any atom is 0.272 e. The lowest BCUT2D eigenvalue weighted by Crippen LogP contribution is -2.40. The number of anilines is 1. The summed E-state index contributed by atoms with van der Waals surface area (Å²) in [4.78, 5) is 30.2. The second-order valence-corrected chi connectivity index (χ2v) is 7.72. The summed E-state index contributed by atoms with van der Waals surface area (Å²) in [5.41, 5.74) is 0.420. The molecule has 0 saturated heterocycles. The first-order valence-electron chi connectivity index (χ1n) is 10.4. The highest BCUT2D eigenvalue weighted by Gasteiger charge is 2.31. The molecule has 11 heteroatoms. The Kier molecular flexibility index (Phi) is 6.57. The number of hydrogen-bond donors (Lipinski definition) is 2. The van der Waals surface area contributed by atoms with Crippen LogP contribution in [-0.4, -0.2) is 44.4 Å². The Morgan fingerprint density at radius 3 is 2.64 bits per heavy atom. The number of pyridine rings is 1. The summed E-state index contributed by atoms with van der Waals surface area (Å²) in [6, 6.07) is 6.33. The van der Waals surface area contributed by atoms with Crippen LogP contribution in [0.5, 0.6) is 5.75 Å². The van der Waals surface area contributed by atoms with Gasteiger partial charge in [0.05, 0.1) is 19.0 Å². The molecule has 1 saturated carbocycles. The predicted molar refractivity (Wildman–Crippen MR) is 114 cm³/mol. The van der Waals surface area contributed by atoms with E-state index in [1.165, 1.54) is 30.2 Å². The molecule has 4 rings (SSSR count). The van der Waals surface area contributed by atoms with E-state index in [1.807, 2.05) is 0 Å². The van der Waals surface area contributed by atoms with E-state index >= 15 is 0 Å². The normalized spacial score (nSPS) is 17.5. The molecule has 1 aliphatic rings. The minimum atomic E-state index is -0.978. The largest absolute Gasteiger partial charge is 0.493 e. The fraction of sp³-hybridized carbons (Fsp3) is 0.318. The van der Waals surface area contributed by atoms with Gasteiger partial charge in [-0.25, -0.2) is 13.8 Å². The highest BCUT2D eigenvalue weighted by Crippen LogP contribution is 2.28. The first-order chi connectivity index (χ1) is 15.9. The minimum Gasteiger partial charge on any atom is -0.493 e. The van der Waals surface area contributed by atoms with Gasteiger partial charge in [-0.2, -0.15) is 10.2 Å². The van der Waals surface area contributed by atoms with Crippen molar-refractivity contribution in [2.24, 2.45) is 5.92 Å². The molecule has 2 heterocycles. The topological polar surface area (TPSA) is 111 Å². The van der Waals surface area contributed by atoms with Gasteiger partial charge in [-0.15, -0.1) is 4.80 Å². The average molecular weight is 456 g/mol. The molecule has 2 aromatic heterocycles. The average Bonchev–Trinajstić information content (AvgIpc) is 3.46. The van der Waals surface area contributed by atoms with Gasteiger partial charge in [-0.1, -0.05) is 6.42 Å². The summed E-state index contributed by atoms with van der Waals surface area (Å²) in [7, 11) is 0. The first kappa shape index (κ1) is 22.3. The SMILES string of the molecule is CC(=O)Nc1ccc(-n2nccn2)c(C(=O)N[C@H]2CCC[C@@H]2COc2ccc(F)c(F)c2)n1. The van der Waals surface area contributed by atoms with E-state index in [0.29, 0.717) is 5.69 Å². The lowest BCUT2D eigenvalue weighted by atomic mass is 10.0. The predicted octanol–water partition coefficient (Wildman–Crippen LogP) is 2.88. The van der Waals surface area contributed by atoms with Crippen LogP contribution in [0.2, 0.25) is 0 Å². The van der Waals surface area contributed by atoms with Gasteiger partial charge < -0.3 is 15.4 Å². The fourth-order valence-electron chi connectivity index (χ4n) is 3.80. The molecule has 0 aliphatic heterocycles. The molecule has 172 valence electrons. The van der Waals surface area contributed by atoms with Crippen LogP contribution in [0.25, 0.3) is 5.69 Å². The number of aromatic nitrogens is 4. The molecule has 0 bridgehead atoms. The molecule has 1 aliphatic carbocycles. The van der Waals surface area contributed by atoms with E-state index in [-0.39, 0.29) is 41.7 Å². The van der Waals surface area contributed by atoms with Gasteiger partial charge in [0, 0.05) is 24.9 Å². The number of benzene rings is 1. The van der Waals surface area contributed by atoms with Crippen molar-refractivity contribution in [2.75, 3.05) is 11.9 Å². The summed E-state index contributed by atoms with van der Waals surface area (Å²) in [5, 5.41) is 13.7. The number of halogens is 2. The van der Waals surface area contributed by atoms with Crippen LogP contribution >= 0.6 is 0 Å². The van der Waals surface area contributed by atoms with E-state index in [4.69, 9.17) is 4.74 Å². The Bertz CT molecular complexity index is 1160. The van der Waals surface area contributed by atoms with Crippen LogP contribution in [0.4, 0.5) is 14.6 Å². The zero-order valence-corrected chi connectivity index (χ0v) is 17.8. The van der Waals surface area contributed by atoms with Crippen molar-refractivity contribution in [3.05, 3.63) is 60.1 Å². The van der Waals surface area contributed by atoms with Crippen molar-refractivity contribution in [2.45, 2.75) is 32.2 Å². The standard InChI is InChI=1S/C22H22F2N6O3/c1-13(31)27-20-8-7-19(30-25-9-10-26-30)21(29-20)22(32)28-18-4-2-3-14(18)12-33-15-5-6-16(23)17(24)11-15/h5-11,14,18H,2-4,12H2,1H3,(H,28,32)(H,27,29,31)/t14-,18+/m1/s1. The molecule has 3 aromatic rings. The Morgan fingerprint density at radius 1 is 1.12 bits per heavy atom. The van der Waals surface area contributed by atoms with Gasteiger partial charge in [0.2, 0.25) is 5.91 Å². The van der Waals surface area contributed by atoms with E-state index < -0.39 is 17.5 Å². The molecule has 0 unspecified atom stereocenters. The number of nitrogens with zero attached hydrogens (tertiary/aromatic N) is 4. The Morgan fingerprint density at radius 2 is 1.91 bits per heavy atom. The molecule has 2 N–H and O–H groups in total. The molecule has 1 fully saturated rings. The first-order valence-corrected chi connectivity index (χ1v) is 10.4. The Hall–Kier alpha value is -3.89. The van der Waals surface area contributed by atoms with Gasteiger partial charge in [-0.3, -0.25) is 9.59 Å². The molecule has 1 aromatic carbocycles. The highest BCUT2D eigenvalue weighted by molar-refractivity contribution is 5.97. The lowest BCUT2D eigenvalue weighted by molar-refractivity contribution is -0.114. The second kappa shape index (κ2) is 9.72. The van der Waals surface area contributed by atoms with E-state index in [0.717, 1.165) is 31.4 Å². The third kappa shape index (κ3) is 5.30. The van der Waals surface area contributed by atoms with Crippen LogP contribution in [0.1, 0.15) is 36.7 Å². The summed E-state index contributed by atoms with van der Waals surface area (Å²) < 4.78 is 32.2. The van der Waals surface area contributed by atoms with Crippen molar-refractivity contribution in [1.29, 1.82) is 0 Å². The Labute approximate surface area is 188 Å². The summed E-state index contributed by atoms with van der Waals surface area (Å²) in [6.45, 7) is 1.59. The smallest absolute Gasteiger partial charge is 0.272 e. The molecule has 2 atom stereocenters. The van der Waals surface area contributed by atoms with E-state index in [1.54, 1.807) is 12.1 Å². The van der Waals surface area contributed by atoms with Crippen LogP contribution < -0.4 is 15.4 Å². The van der Waals surface area contributed by atoms with Crippen LogP contribution in [0.15, 0.2) is 42.7 Å². The Balaban J connectivity index is 1.49. The van der Waals surface area contributed by atoms with Crippen molar-refractivity contribution >= 4 is 17.6 Å². The fourth-order valence-corrected chi connectivity index (χ4v) is 3.80. The molecular weight excluding hydrogens is 434 g/mol. The number of carbonyl (C=O) groups is 2. The number of hydrogen-bond acceptors (Lipinski definition) is 6. The maximum atomic E-state index is 13.4. The molecule has 0 radical (unpaired) electrons. The third-order valence-corrected chi connectivity index (χ3v) is 5.36. The highest BCUT2D eigenvalue weighted by atomic mass is 19.2. The van der Waals surface area contributed by atoms with Crippen LogP contribution in [0, 0.1) is 17.6 Å². The van der Waals surface area contributed by atoms with Crippen molar-refractivity contribution < 1.29 is 23.1 Å². The van der Waals surface area contributed by atoms with Gasteiger partial charge in [0.1, 0.15) is 17.3 Å². The number of ether oxygens (including phenoxy) is 1. The number of rotatable bonds is 7. The van der Waals surface area contributed by atoms with Crippen molar-refractivity contribution in [3.63, 3.8) is 0 Å². The summed E-state index contributed by atoms with van der Waals surface area (Å²) in [6.07, 6.45) is 5.38. The van der Waals surface area contributed by atoms with Gasteiger partial charge in [-0.05, 0) is 37.1 Å². The molecule has 0 spiro atoms. The van der Waals surface area contributed by atoms with E-state index in [9.17, 15) is 18.4 Å². The van der Waals surface area contributed by atoms with Crippen molar-refractivity contribution in [1.82, 2.24) is 25.3 Å². The van der Waals surface area contributed by atoms with Gasteiger partial charge in [0.25, 0.3) is 5.91 Å². The van der Waals surface area contributed by atoms with Gasteiger partial charge >= 0.3 is 0 Å². The maximum absolute atomic E-state index is 13.4. The molecule has 33 heavy (non-hydrogen) atoms. The summed E-state index contributed by atoms with van der Waals surface area (Å²) >= 11 is 0. The molecule has 2 amide bonds.